The molecule has 0 saturated heterocycles. The Bertz CT molecular complexity index is 1200. The lowest BCUT2D eigenvalue weighted by atomic mass is 10.1. The fourth-order valence-electron chi connectivity index (χ4n) is 3.29. The molecule has 2 aromatic carbocycles. The molecular formula is C23H26Cl2F3N3O4S. The zero-order chi connectivity index (χ0) is 27.4. The second kappa shape index (κ2) is 11.7. The van der Waals surface area contributed by atoms with Gasteiger partial charge in [0.05, 0.1) is 17.5 Å². The lowest BCUT2D eigenvalue weighted by Gasteiger charge is -2.32. The molecule has 0 aliphatic heterocycles. The van der Waals surface area contributed by atoms with E-state index in [4.69, 9.17) is 23.2 Å². The van der Waals surface area contributed by atoms with Crippen molar-refractivity contribution in [2.24, 2.45) is 0 Å². The molecule has 7 nitrogen and oxygen atoms in total. The molecule has 0 saturated carbocycles. The van der Waals surface area contributed by atoms with Crippen molar-refractivity contribution >= 4 is 50.7 Å². The van der Waals surface area contributed by atoms with E-state index in [-0.39, 0.29) is 28.3 Å². The molecule has 13 heteroatoms. The van der Waals surface area contributed by atoms with Gasteiger partial charge in [-0.15, -0.1) is 0 Å². The van der Waals surface area contributed by atoms with E-state index in [0.29, 0.717) is 15.9 Å². The van der Waals surface area contributed by atoms with E-state index in [0.717, 1.165) is 29.4 Å². The summed E-state index contributed by atoms with van der Waals surface area (Å²) in [6.07, 6.45) is -3.95. The third-order valence-electron chi connectivity index (χ3n) is 5.13. The van der Waals surface area contributed by atoms with Crippen LogP contribution in [0.5, 0.6) is 0 Å². The van der Waals surface area contributed by atoms with Crippen molar-refractivity contribution in [2.45, 2.75) is 45.6 Å². The summed E-state index contributed by atoms with van der Waals surface area (Å²) in [5.74, 6) is -1.37. The number of hydrogen-bond donors (Lipinski definition) is 1. The van der Waals surface area contributed by atoms with E-state index in [9.17, 15) is 31.2 Å². The molecule has 36 heavy (non-hydrogen) atoms. The fourth-order valence-corrected chi connectivity index (χ4v) is 4.65. The number of sulfonamides is 1. The lowest BCUT2D eigenvalue weighted by Crippen LogP contribution is -2.52. The maximum absolute atomic E-state index is 13.4. The Morgan fingerprint density at radius 1 is 1.03 bits per heavy atom. The Kier molecular flexibility index (Phi) is 9.66. The predicted octanol–water partition coefficient (Wildman–Crippen LogP) is 4.72. The summed E-state index contributed by atoms with van der Waals surface area (Å²) in [6.45, 7) is 3.78. The predicted molar refractivity (Wildman–Crippen MR) is 133 cm³/mol. The number of alkyl halides is 3. The first-order valence-corrected chi connectivity index (χ1v) is 13.3. The van der Waals surface area contributed by atoms with Crippen molar-refractivity contribution in [2.75, 3.05) is 17.1 Å². The molecule has 0 fully saturated rings. The molecule has 2 aromatic rings. The number of halogens is 5. The van der Waals surface area contributed by atoms with Crippen LogP contribution < -0.4 is 9.62 Å². The van der Waals surface area contributed by atoms with Gasteiger partial charge in [0.25, 0.3) is 0 Å². The van der Waals surface area contributed by atoms with Crippen LogP contribution in [0, 0.1) is 0 Å². The summed E-state index contributed by atoms with van der Waals surface area (Å²) >= 11 is 12.5. The number of rotatable bonds is 9. The largest absolute Gasteiger partial charge is 0.416 e. The highest BCUT2D eigenvalue weighted by molar-refractivity contribution is 7.92. The van der Waals surface area contributed by atoms with E-state index in [1.54, 1.807) is 19.9 Å². The summed E-state index contributed by atoms with van der Waals surface area (Å²) in [7, 11) is -4.20. The van der Waals surface area contributed by atoms with Crippen molar-refractivity contribution in [1.29, 1.82) is 0 Å². The standard InChI is InChI=1S/C23H26Cl2F3N3O4S/c1-14(2)29-22(33)15(3)30(12-18-19(24)9-6-10-20(18)25)21(32)13-31(36(4,34)35)17-8-5-7-16(11-17)23(26,27)28/h5-11,14-15H,12-13H2,1-4H3,(H,29,33)/t15-/m0/s1. The average molecular weight is 568 g/mol. The minimum absolute atomic E-state index is 0.217. The van der Waals surface area contributed by atoms with Gasteiger partial charge in [-0.25, -0.2) is 8.42 Å². The van der Waals surface area contributed by atoms with Crippen LogP contribution in [-0.2, 0) is 32.3 Å². The Hall–Kier alpha value is -2.50. The third-order valence-corrected chi connectivity index (χ3v) is 6.98. The van der Waals surface area contributed by atoms with E-state index >= 15 is 0 Å². The Morgan fingerprint density at radius 3 is 2.08 bits per heavy atom. The number of anilines is 1. The van der Waals surface area contributed by atoms with Crippen LogP contribution in [0.1, 0.15) is 31.9 Å². The molecule has 0 aliphatic carbocycles. The van der Waals surface area contributed by atoms with Gasteiger partial charge in [0, 0.05) is 28.2 Å². The maximum atomic E-state index is 13.4. The molecule has 2 rings (SSSR count). The molecule has 0 unspecified atom stereocenters. The summed E-state index contributed by atoms with van der Waals surface area (Å²) in [4.78, 5) is 27.3. The topological polar surface area (TPSA) is 86.8 Å². The van der Waals surface area contributed by atoms with Gasteiger partial charge < -0.3 is 10.2 Å². The number of hydrogen-bond acceptors (Lipinski definition) is 4. The van der Waals surface area contributed by atoms with E-state index in [2.05, 4.69) is 5.32 Å². The van der Waals surface area contributed by atoms with Crippen molar-refractivity contribution < 1.29 is 31.2 Å². The van der Waals surface area contributed by atoms with Gasteiger partial charge in [0.2, 0.25) is 21.8 Å². The van der Waals surface area contributed by atoms with Crippen LogP contribution >= 0.6 is 23.2 Å². The zero-order valence-corrected chi connectivity index (χ0v) is 22.3. The monoisotopic (exact) mass is 567 g/mol. The van der Waals surface area contributed by atoms with Gasteiger partial charge in [-0.05, 0) is 51.1 Å². The van der Waals surface area contributed by atoms with Crippen LogP contribution in [-0.4, -0.2) is 50.0 Å². The number of nitrogens with zero attached hydrogens (tertiary/aromatic N) is 2. The second-order valence-electron chi connectivity index (χ2n) is 8.38. The van der Waals surface area contributed by atoms with Crippen molar-refractivity contribution in [3.8, 4) is 0 Å². The minimum atomic E-state index is -4.72. The van der Waals surface area contributed by atoms with Gasteiger partial charge >= 0.3 is 6.18 Å². The number of nitrogens with one attached hydrogen (secondary N) is 1. The van der Waals surface area contributed by atoms with Gasteiger partial charge in [-0.2, -0.15) is 13.2 Å². The van der Waals surface area contributed by atoms with E-state index < -0.39 is 46.2 Å². The Morgan fingerprint density at radius 2 is 1.58 bits per heavy atom. The summed E-state index contributed by atoms with van der Waals surface area (Å²) in [5.41, 5.74) is -1.11. The number of carbonyl (C=O) groups excluding carboxylic acids is 2. The van der Waals surface area contributed by atoms with Crippen molar-refractivity contribution in [1.82, 2.24) is 10.2 Å². The average Bonchev–Trinajstić information content (AvgIpc) is 2.75. The highest BCUT2D eigenvalue weighted by Crippen LogP contribution is 2.32. The summed E-state index contributed by atoms with van der Waals surface area (Å²) < 4.78 is 65.3. The first-order chi connectivity index (χ1) is 16.5. The first kappa shape index (κ1) is 29.7. The molecule has 2 amide bonds. The highest BCUT2D eigenvalue weighted by Gasteiger charge is 2.34. The van der Waals surface area contributed by atoms with Crippen LogP contribution in [0.2, 0.25) is 10.0 Å². The summed E-state index contributed by atoms with van der Waals surface area (Å²) in [5, 5.41) is 3.11. The molecule has 0 heterocycles. The number of amides is 2. The van der Waals surface area contributed by atoms with Crippen LogP contribution in [0.15, 0.2) is 42.5 Å². The molecule has 0 radical (unpaired) electrons. The van der Waals surface area contributed by atoms with Crippen LogP contribution in [0.3, 0.4) is 0 Å². The molecule has 0 aliphatic rings. The fraction of sp³-hybridized carbons (Fsp3) is 0.391. The maximum Gasteiger partial charge on any atom is 0.416 e. The van der Waals surface area contributed by atoms with Gasteiger partial charge in [0.1, 0.15) is 12.6 Å². The first-order valence-electron chi connectivity index (χ1n) is 10.7. The molecular weight excluding hydrogens is 542 g/mol. The minimum Gasteiger partial charge on any atom is -0.352 e. The van der Waals surface area contributed by atoms with E-state index in [1.165, 1.54) is 19.1 Å². The number of benzene rings is 2. The van der Waals surface area contributed by atoms with Gasteiger partial charge in [-0.1, -0.05) is 35.3 Å². The lowest BCUT2D eigenvalue weighted by molar-refractivity contribution is -0.139. The number of carbonyl (C=O) groups is 2. The molecule has 0 spiro atoms. The molecule has 1 atom stereocenters. The van der Waals surface area contributed by atoms with Gasteiger partial charge in [-0.3, -0.25) is 13.9 Å². The van der Waals surface area contributed by atoms with Crippen molar-refractivity contribution in [3.05, 3.63) is 63.6 Å². The van der Waals surface area contributed by atoms with Crippen LogP contribution in [0.25, 0.3) is 0 Å². The summed E-state index contributed by atoms with van der Waals surface area (Å²) in [6, 6.07) is 6.94. The highest BCUT2D eigenvalue weighted by atomic mass is 35.5. The quantitative estimate of drug-likeness (QED) is 0.475. The van der Waals surface area contributed by atoms with Crippen molar-refractivity contribution in [3.63, 3.8) is 0 Å². The Labute approximate surface area is 218 Å². The van der Waals surface area contributed by atoms with Crippen LogP contribution in [0.4, 0.5) is 18.9 Å². The molecule has 0 aromatic heterocycles. The van der Waals surface area contributed by atoms with Gasteiger partial charge in [0.15, 0.2) is 0 Å². The van der Waals surface area contributed by atoms with E-state index in [1.807, 2.05) is 0 Å². The normalized spacial score (nSPS) is 12.8. The zero-order valence-electron chi connectivity index (χ0n) is 19.9. The molecule has 198 valence electrons. The Balaban J connectivity index is 2.50. The molecule has 0 bridgehead atoms. The SMILES string of the molecule is CC(C)NC(=O)[C@H](C)N(Cc1c(Cl)cccc1Cl)C(=O)CN(c1cccc(C(F)(F)F)c1)S(C)(=O)=O. The smallest absolute Gasteiger partial charge is 0.352 e. The second-order valence-corrected chi connectivity index (χ2v) is 11.1. The third kappa shape index (κ3) is 7.75. The molecule has 1 N–H and O–H groups in total.